The molecular formula is C19H21FN4OS. The molecule has 2 aromatic heterocycles. The van der Waals surface area contributed by atoms with Gasteiger partial charge in [-0.1, -0.05) is 18.2 Å². The highest BCUT2D eigenvalue weighted by molar-refractivity contribution is 7.10. The van der Waals surface area contributed by atoms with Gasteiger partial charge in [0.15, 0.2) is 0 Å². The number of carbonyl (C=O) groups excluding carboxylic acids is 1. The number of benzene rings is 1. The Kier molecular flexibility index (Phi) is 5.68. The average molecular weight is 372 g/mol. The molecule has 26 heavy (non-hydrogen) atoms. The summed E-state index contributed by atoms with van der Waals surface area (Å²) in [5, 5.41) is 12.3. The fraction of sp³-hybridized carbons (Fsp3) is 0.263. The van der Waals surface area contributed by atoms with Gasteiger partial charge in [-0.05, 0) is 49.1 Å². The van der Waals surface area contributed by atoms with Crippen molar-refractivity contribution < 1.29 is 9.18 Å². The van der Waals surface area contributed by atoms with Gasteiger partial charge in [-0.25, -0.2) is 9.18 Å². The molecule has 3 aromatic rings. The molecular weight excluding hydrogens is 351 g/mol. The quantitative estimate of drug-likeness (QED) is 0.692. The van der Waals surface area contributed by atoms with Gasteiger partial charge in [0, 0.05) is 23.7 Å². The van der Waals surface area contributed by atoms with Gasteiger partial charge in [-0.3, -0.25) is 4.68 Å². The Labute approximate surface area is 155 Å². The van der Waals surface area contributed by atoms with Gasteiger partial charge in [0.2, 0.25) is 0 Å². The standard InChI is InChI=1S/C19H21FN4OS/c1-13-10-14(2)24(23-13)17(18-4-3-9-26-18)12-22-19(25)21-11-15-5-7-16(20)8-6-15/h3-10,17H,11-12H2,1-2H3,(H2,21,22,25)/t17-/m0/s1. The lowest BCUT2D eigenvalue weighted by molar-refractivity contribution is 0.239. The minimum Gasteiger partial charge on any atom is -0.336 e. The van der Waals surface area contributed by atoms with Crippen molar-refractivity contribution in [3.8, 4) is 0 Å². The van der Waals surface area contributed by atoms with Crippen LogP contribution in [-0.2, 0) is 6.54 Å². The summed E-state index contributed by atoms with van der Waals surface area (Å²) in [5.41, 5.74) is 2.84. The van der Waals surface area contributed by atoms with Crippen LogP contribution in [0.15, 0.2) is 47.8 Å². The van der Waals surface area contributed by atoms with Crippen LogP contribution in [0.1, 0.15) is 27.9 Å². The summed E-state index contributed by atoms with van der Waals surface area (Å²) < 4.78 is 14.9. The molecule has 1 atom stereocenters. The fourth-order valence-corrected chi connectivity index (χ4v) is 3.60. The number of thiophene rings is 1. The van der Waals surface area contributed by atoms with Crippen molar-refractivity contribution in [2.24, 2.45) is 0 Å². The number of carbonyl (C=O) groups is 1. The predicted octanol–water partition coefficient (Wildman–Crippen LogP) is 3.79. The van der Waals surface area contributed by atoms with Crippen LogP contribution < -0.4 is 10.6 Å². The summed E-state index contributed by atoms with van der Waals surface area (Å²) in [4.78, 5) is 13.3. The Balaban J connectivity index is 1.61. The number of urea groups is 1. The Morgan fingerprint density at radius 2 is 2.00 bits per heavy atom. The highest BCUT2D eigenvalue weighted by Crippen LogP contribution is 2.24. The Bertz CT molecular complexity index is 858. The van der Waals surface area contributed by atoms with Crippen molar-refractivity contribution >= 4 is 17.4 Å². The van der Waals surface area contributed by atoms with Gasteiger partial charge in [-0.15, -0.1) is 11.3 Å². The second kappa shape index (κ2) is 8.14. The highest BCUT2D eigenvalue weighted by atomic mass is 32.1. The molecule has 0 bridgehead atoms. The lowest BCUT2D eigenvalue weighted by atomic mass is 10.2. The second-order valence-electron chi connectivity index (χ2n) is 6.09. The molecule has 0 fully saturated rings. The summed E-state index contributed by atoms with van der Waals surface area (Å²) in [6.07, 6.45) is 0. The minimum atomic E-state index is -0.290. The first-order valence-electron chi connectivity index (χ1n) is 8.35. The fourth-order valence-electron chi connectivity index (χ4n) is 2.79. The largest absolute Gasteiger partial charge is 0.336 e. The van der Waals surface area contributed by atoms with E-state index in [1.165, 1.54) is 12.1 Å². The third-order valence-corrected chi connectivity index (χ3v) is 5.01. The summed E-state index contributed by atoms with van der Waals surface area (Å²) in [6, 6.07) is 11.8. The van der Waals surface area contributed by atoms with E-state index in [1.807, 2.05) is 42.1 Å². The lowest BCUT2D eigenvalue weighted by Crippen LogP contribution is -2.38. The van der Waals surface area contributed by atoms with Crippen LogP contribution in [0.4, 0.5) is 9.18 Å². The van der Waals surface area contributed by atoms with Gasteiger partial charge in [-0.2, -0.15) is 5.10 Å². The van der Waals surface area contributed by atoms with Gasteiger partial charge in [0.25, 0.3) is 0 Å². The van der Waals surface area contributed by atoms with Crippen molar-refractivity contribution in [2.75, 3.05) is 6.54 Å². The molecule has 136 valence electrons. The van der Waals surface area contributed by atoms with Gasteiger partial charge in [0.1, 0.15) is 11.9 Å². The second-order valence-corrected chi connectivity index (χ2v) is 7.07. The van der Waals surface area contributed by atoms with Crippen molar-refractivity contribution in [2.45, 2.75) is 26.4 Å². The molecule has 3 rings (SSSR count). The molecule has 7 heteroatoms. The van der Waals surface area contributed by atoms with Crippen LogP contribution in [0.2, 0.25) is 0 Å². The normalized spacial score (nSPS) is 12.0. The number of rotatable bonds is 6. The molecule has 0 aliphatic rings. The van der Waals surface area contributed by atoms with E-state index in [0.717, 1.165) is 21.8 Å². The number of amides is 2. The third kappa shape index (κ3) is 4.49. The summed E-state index contributed by atoms with van der Waals surface area (Å²) >= 11 is 1.64. The van der Waals surface area contributed by atoms with E-state index in [4.69, 9.17) is 0 Å². The van der Waals surface area contributed by atoms with Crippen LogP contribution >= 0.6 is 11.3 Å². The first kappa shape index (κ1) is 18.1. The van der Waals surface area contributed by atoms with Crippen LogP contribution in [0.5, 0.6) is 0 Å². The van der Waals surface area contributed by atoms with E-state index in [2.05, 4.69) is 15.7 Å². The number of nitrogens with one attached hydrogen (secondary N) is 2. The minimum absolute atomic E-state index is 0.0553. The Morgan fingerprint density at radius 1 is 1.23 bits per heavy atom. The number of nitrogens with zero attached hydrogens (tertiary/aromatic N) is 2. The maximum absolute atomic E-state index is 12.9. The van der Waals surface area contributed by atoms with Gasteiger partial charge < -0.3 is 10.6 Å². The molecule has 2 amide bonds. The SMILES string of the molecule is Cc1cc(C)n([C@@H](CNC(=O)NCc2ccc(F)cc2)c2cccs2)n1. The molecule has 2 heterocycles. The monoisotopic (exact) mass is 372 g/mol. The smallest absolute Gasteiger partial charge is 0.315 e. The zero-order valence-electron chi connectivity index (χ0n) is 14.7. The first-order chi connectivity index (χ1) is 12.5. The van der Waals surface area contributed by atoms with Gasteiger partial charge in [0.05, 0.1) is 5.69 Å². The van der Waals surface area contributed by atoms with Crippen LogP contribution in [-0.4, -0.2) is 22.4 Å². The summed E-state index contributed by atoms with van der Waals surface area (Å²) in [6.45, 7) is 4.74. The van der Waals surface area contributed by atoms with Crippen LogP contribution in [0.3, 0.4) is 0 Å². The van der Waals surface area contributed by atoms with Crippen LogP contribution in [0, 0.1) is 19.7 Å². The molecule has 0 aliphatic heterocycles. The zero-order valence-corrected chi connectivity index (χ0v) is 15.5. The molecule has 1 aromatic carbocycles. The van der Waals surface area contributed by atoms with E-state index >= 15 is 0 Å². The first-order valence-corrected chi connectivity index (χ1v) is 9.23. The predicted molar refractivity (Wildman–Crippen MR) is 101 cm³/mol. The number of hydrogen-bond acceptors (Lipinski definition) is 3. The summed E-state index contributed by atoms with van der Waals surface area (Å²) in [5.74, 6) is -0.290. The van der Waals surface area contributed by atoms with Gasteiger partial charge >= 0.3 is 6.03 Å². The number of halogens is 1. The number of aromatic nitrogens is 2. The molecule has 0 radical (unpaired) electrons. The topological polar surface area (TPSA) is 59.0 Å². The molecule has 2 N–H and O–H groups in total. The van der Waals surface area contributed by atoms with Crippen LogP contribution in [0.25, 0.3) is 0 Å². The van der Waals surface area contributed by atoms with Crippen molar-refractivity contribution in [3.63, 3.8) is 0 Å². The van der Waals surface area contributed by atoms with E-state index in [0.29, 0.717) is 13.1 Å². The van der Waals surface area contributed by atoms with E-state index in [-0.39, 0.29) is 17.9 Å². The third-order valence-electron chi connectivity index (χ3n) is 4.03. The maximum atomic E-state index is 12.9. The van der Waals surface area contributed by atoms with Crippen molar-refractivity contribution in [3.05, 3.63) is 75.5 Å². The van der Waals surface area contributed by atoms with Crippen molar-refractivity contribution in [1.29, 1.82) is 0 Å². The number of hydrogen-bond donors (Lipinski definition) is 2. The number of aryl methyl sites for hydroxylation is 2. The summed E-state index contributed by atoms with van der Waals surface area (Å²) in [7, 11) is 0. The Morgan fingerprint density at radius 3 is 2.62 bits per heavy atom. The van der Waals surface area contributed by atoms with E-state index in [1.54, 1.807) is 23.5 Å². The van der Waals surface area contributed by atoms with E-state index in [9.17, 15) is 9.18 Å². The lowest BCUT2D eigenvalue weighted by Gasteiger charge is -2.19. The molecule has 0 spiro atoms. The molecule has 0 aliphatic carbocycles. The highest BCUT2D eigenvalue weighted by Gasteiger charge is 2.19. The molecule has 5 nitrogen and oxygen atoms in total. The zero-order chi connectivity index (χ0) is 18.5. The maximum Gasteiger partial charge on any atom is 0.315 e. The van der Waals surface area contributed by atoms with Crippen molar-refractivity contribution in [1.82, 2.24) is 20.4 Å². The average Bonchev–Trinajstić information content (AvgIpc) is 3.25. The van der Waals surface area contributed by atoms with E-state index < -0.39 is 0 Å². The molecule has 0 unspecified atom stereocenters. The molecule has 0 saturated carbocycles. The molecule has 0 saturated heterocycles. The Hall–Kier alpha value is -2.67.